The van der Waals surface area contributed by atoms with E-state index in [0.717, 1.165) is 11.6 Å². The molecule has 0 aliphatic carbocycles. The Hall–Kier alpha value is -4.97. The average Bonchev–Trinajstić information content (AvgIpc) is 3.42. The third-order valence-electron chi connectivity index (χ3n) is 6.08. The number of carbonyl (C=O) groups is 1. The predicted molar refractivity (Wildman–Crippen MR) is 143 cm³/mol. The number of nitrogens with two attached hydrogens (primary N) is 1. The molecule has 2 aromatic carbocycles. The fraction of sp³-hybridized carbons (Fsp3) is 0.172. The fourth-order valence-electron chi connectivity index (χ4n) is 4.09. The number of carbonyl (C=O) groups excluding carboxylic acids is 1. The standard InChI is InChI=1S/C29H24F3N5O4/c1-16(33)26-25(27(38)35-15-17-6-8-18(9-7-17)40-23-5-3-4-14-34-23)37-28(41-26)20-10-12-21(39-2)24-19(20)11-13-22(36-24)29(30,31)32/h3-14,16H,15,33H2,1-2H3,(H,35,38)/t16-/m0/s1. The molecule has 9 nitrogen and oxygen atoms in total. The van der Waals surface area contributed by atoms with Crippen LogP contribution in [0, 0.1) is 0 Å². The maximum atomic E-state index is 13.3. The maximum absolute atomic E-state index is 13.3. The molecule has 5 aromatic rings. The second kappa shape index (κ2) is 11.3. The van der Waals surface area contributed by atoms with Crippen molar-refractivity contribution in [3.05, 3.63) is 95.6 Å². The molecular weight excluding hydrogens is 539 g/mol. The van der Waals surface area contributed by atoms with E-state index < -0.39 is 23.8 Å². The van der Waals surface area contributed by atoms with Crippen LogP contribution in [-0.4, -0.2) is 28.0 Å². The molecule has 1 amide bonds. The first kappa shape index (κ1) is 27.6. The van der Waals surface area contributed by atoms with E-state index in [1.807, 2.05) is 6.07 Å². The Balaban J connectivity index is 1.39. The average molecular weight is 564 g/mol. The van der Waals surface area contributed by atoms with Gasteiger partial charge in [0.25, 0.3) is 5.91 Å². The van der Waals surface area contributed by atoms with E-state index in [1.165, 1.54) is 19.2 Å². The molecule has 210 valence electrons. The number of hydrogen-bond acceptors (Lipinski definition) is 8. The van der Waals surface area contributed by atoms with Crippen molar-refractivity contribution < 1.29 is 31.9 Å². The smallest absolute Gasteiger partial charge is 0.433 e. The molecule has 3 aromatic heterocycles. The summed E-state index contributed by atoms with van der Waals surface area (Å²) in [5.74, 6) is 0.788. The van der Waals surface area contributed by atoms with Gasteiger partial charge < -0.3 is 24.9 Å². The van der Waals surface area contributed by atoms with Gasteiger partial charge in [-0.1, -0.05) is 18.2 Å². The summed E-state index contributed by atoms with van der Waals surface area (Å²) in [6.45, 7) is 1.81. The highest BCUT2D eigenvalue weighted by Crippen LogP contribution is 2.37. The van der Waals surface area contributed by atoms with Crippen molar-refractivity contribution in [2.24, 2.45) is 5.73 Å². The van der Waals surface area contributed by atoms with Crippen LogP contribution < -0.4 is 20.5 Å². The van der Waals surface area contributed by atoms with Crippen molar-refractivity contribution in [2.45, 2.75) is 25.7 Å². The number of rotatable bonds is 8. The number of oxazole rings is 1. The first-order valence-electron chi connectivity index (χ1n) is 12.4. The van der Waals surface area contributed by atoms with E-state index in [1.54, 1.807) is 55.6 Å². The fourth-order valence-corrected chi connectivity index (χ4v) is 4.09. The van der Waals surface area contributed by atoms with E-state index in [2.05, 4.69) is 20.3 Å². The van der Waals surface area contributed by atoms with Gasteiger partial charge in [-0.2, -0.15) is 13.2 Å². The lowest BCUT2D eigenvalue weighted by Gasteiger charge is -2.11. The quantitative estimate of drug-likeness (QED) is 0.234. The van der Waals surface area contributed by atoms with E-state index in [0.29, 0.717) is 22.6 Å². The lowest BCUT2D eigenvalue weighted by molar-refractivity contribution is -0.140. The summed E-state index contributed by atoms with van der Waals surface area (Å²) in [6, 6.07) is 16.9. The van der Waals surface area contributed by atoms with Crippen molar-refractivity contribution in [1.29, 1.82) is 0 Å². The summed E-state index contributed by atoms with van der Waals surface area (Å²) >= 11 is 0. The molecule has 0 radical (unpaired) electrons. The number of fused-ring (bicyclic) bond motifs is 1. The molecule has 0 aliphatic heterocycles. The molecule has 0 saturated heterocycles. The Labute approximate surface area is 232 Å². The third kappa shape index (κ3) is 5.97. The molecule has 0 aliphatic rings. The first-order valence-corrected chi connectivity index (χ1v) is 12.4. The molecule has 0 spiro atoms. The van der Waals surface area contributed by atoms with Crippen LogP contribution in [0.15, 0.2) is 77.3 Å². The van der Waals surface area contributed by atoms with Gasteiger partial charge in [-0.25, -0.2) is 15.0 Å². The van der Waals surface area contributed by atoms with Crippen LogP contribution in [0.5, 0.6) is 17.4 Å². The van der Waals surface area contributed by atoms with Crippen molar-refractivity contribution in [3.8, 4) is 28.8 Å². The predicted octanol–water partition coefficient (Wildman–Crippen LogP) is 6.05. The first-order chi connectivity index (χ1) is 19.6. The molecule has 12 heteroatoms. The third-order valence-corrected chi connectivity index (χ3v) is 6.08. The minimum Gasteiger partial charge on any atom is -0.494 e. The van der Waals surface area contributed by atoms with Crippen molar-refractivity contribution >= 4 is 16.8 Å². The number of methoxy groups -OCH3 is 1. The van der Waals surface area contributed by atoms with Crippen molar-refractivity contribution in [3.63, 3.8) is 0 Å². The number of ether oxygens (including phenoxy) is 2. The Morgan fingerprint density at radius 2 is 1.83 bits per heavy atom. The highest BCUT2D eigenvalue weighted by atomic mass is 19.4. The van der Waals surface area contributed by atoms with Crippen LogP contribution in [0.1, 0.15) is 40.5 Å². The number of amides is 1. The summed E-state index contributed by atoms with van der Waals surface area (Å²) in [5, 5.41) is 3.10. The molecule has 3 heterocycles. The van der Waals surface area contributed by atoms with Gasteiger partial charge in [0.15, 0.2) is 11.5 Å². The van der Waals surface area contributed by atoms with E-state index in [9.17, 15) is 18.0 Å². The van der Waals surface area contributed by atoms with Gasteiger partial charge in [-0.15, -0.1) is 0 Å². The molecule has 0 saturated carbocycles. The van der Waals surface area contributed by atoms with Crippen LogP contribution in [0.2, 0.25) is 0 Å². The van der Waals surface area contributed by atoms with Gasteiger partial charge in [0, 0.05) is 29.8 Å². The summed E-state index contributed by atoms with van der Waals surface area (Å²) in [7, 11) is 1.33. The lowest BCUT2D eigenvalue weighted by Crippen LogP contribution is -2.25. The zero-order chi connectivity index (χ0) is 29.1. The Kier molecular flexibility index (Phi) is 7.58. The van der Waals surface area contributed by atoms with E-state index in [4.69, 9.17) is 19.6 Å². The molecular formula is C29H24F3N5O4. The molecule has 1 atom stereocenters. The van der Waals surface area contributed by atoms with E-state index in [-0.39, 0.29) is 35.2 Å². The summed E-state index contributed by atoms with van der Waals surface area (Å²) in [4.78, 5) is 25.4. The number of benzene rings is 2. The zero-order valence-electron chi connectivity index (χ0n) is 21.9. The minimum absolute atomic E-state index is 0.00712. The number of halogens is 3. The minimum atomic E-state index is -4.64. The zero-order valence-corrected chi connectivity index (χ0v) is 21.9. The van der Waals surface area contributed by atoms with Gasteiger partial charge in [-0.3, -0.25) is 4.79 Å². The monoisotopic (exact) mass is 563 g/mol. The number of hydrogen-bond donors (Lipinski definition) is 2. The highest BCUT2D eigenvalue weighted by Gasteiger charge is 2.33. The Morgan fingerprint density at radius 1 is 1.05 bits per heavy atom. The number of aromatic nitrogens is 3. The van der Waals surface area contributed by atoms with Crippen LogP contribution in [0.25, 0.3) is 22.4 Å². The molecule has 3 N–H and O–H groups in total. The van der Waals surface area contributed by atoms with Crippen LogP contribution in [0.3, 0.4) is 0 Å². The summed E-state index contributed by atoms with van der Waals surface area (Å²) in [5.41, 5.74) is 6.06. The van der Waals surface area contributed by atoms with Crippen LogP contribution in [0.4, 0.5) is 13.2 Å². The second-order valence-corrected chi connectivity index (χ2v) is 9.02. The molecule has 0 bridgehead atoms. The second-order valence-electron chi connectivity index (χ2n) is 9.02. The van der Waals surface area contributed by atoms with Gasteiger partial charge in [0.05, 0.1) is 13.2 Å². The summed E-state index contributed by atoms with van der Waals surface area (Å²) in [6.07, 6.45) is -3.01. The topological polar surface area (TPSA) is 125 Å². The molecule has 0 fully saturated rings. The lowest BCUT2D eigenvalue weighted by atomic mass is 10.1. The normalized spacial score (nSPS) is 12.2. The molecule has 41 heavy (non-hydrogen) atoms. The van der Waals surface area contributed by atoms with Gasteiger partial charge in [0.1, 0.15) is 22.7 Å². The number of nitrogens with zero attached hydrogens (tertiary/aromatic N) is 3. The van der Waals surface area contributed by atoms with Crippen LogP contribution >= 0.6 is 0 Å². The maximum Gasteiger partial charge on any atom is 0.433 e. The van der Waals surface area contributed by atoms with Gasteiger partial charge in [-0.05, 0) is 55.0 Å². The van der Waals surface area contributed by atoms with Crippen molar-refractivity contribution in [2.75, 3.05) is 7.11 Å². The van der Waals surface area contributed by atoms with Gasteiger partial charge in [0.2, 0.25) is 11.8 Å². The number of alkyl halides is 3. The molecule has 5 rings (SSSR count). The number of nitrogens with one attached hydrogen (secondary N) is 1. The van der Waals surface area contributed by atoms with Crippen molar-refractivity contribution in [1.82, 2.24) is 20.3 Å². The van der Waals surface area contributed by atoms with E-state index >= 15 is 0 Å². The van der Waals surface area contributed by atoms with Gasteiger partial charge >= 0.3 is 6.18 Å². The summed E-state index contributed by atoms with van der Waals surface area (Å²) < 4.78 is 56.7. The largest absolute Gasteiger partial charge is 0.494 e. The highest BCUT2D eigenvalue weighted by molar-refractivity contribution is 5.98. The Bertz CT molecular complexity index is 1690. The van der Waals surface area contributed by atoms with Crippen LogP contribution in [-0.2, 0) is 12.7 Å². The number of pyridine rings is 2. The molecule has 0 unspecified atom stereocenters. The Morgan fingerprint density at radius 3 is 2.49 bits per heavy atom. The SMILES string of the molecule is COc1ccc(-c2nc(C(=O)NCc3ccc(Oc4ccccn4)cc3)c([C@H](C)N)o2)c2ccc(C(F)(F)F)nc12.